The number of ether oxygens (including phenoxy) is 1. The zero-order valence-electron chi connectivity index (χ0n) is 14.9. The number of aryl methyl sites for hydroxylation is 2. The average Bonchev–Trinajstić information content (AvgIpc) is 2.71. The van der Waals surface area contributed by atoms with Gasteiger partial charge in [0.05, 0.1) is 5.56 Å². The summed E-state index contributed by atoms with van der Waals surface area (Å²) in [5, 5.41) is 0. The molecule has 4 nitrogen and oxygen atoms in total. The number of benzene rings is 3. The standard InChI is InChI=1S/C23H21NO3/c24-22(25)21(19-12-5-2-6-13-19)27-23(26)20-14-8-7-11-18(20)16-15-17-9-3-1-4-10-17/h1-14,21H,15-16H2,(H2,24,25). The Balaban J connectivity index is 1.77. The fourth-order valence-electron chi connectivity index (χ4n) is 2.95. The van der Waals surface area contributed by atoms with Crippen molar-refractivity contribution in [3.63, 3.8) is 0 Å². The van der Waals surface area contributed by atoms with Crippen LogP contribution >= 0.6 is 0 Å². The minimum Gasteiger partial charge on any atom is -0.444 e. The van der Waals surface area contributed by atoms with Gasteiger partial charge in [0, 0.05) is 5.56 Å². The van der Waals surface area contributed by atoms with E-state index in [1.165, 1.54) is 5.56 Å². The van der Waals surface area contributed by atoms with Crippen LogP contribution in [0.2, 0.25) is 0 Å². The summed E-state index contributed by atoms with van der Waals surface area (Å²) in [6.07, 6.45) is 0.395. The van der Waals surface area contributed by atoms with E-state index in [4.69, 9.17) is 10.5 Å². The van der Waals surface area contributed by atoms with Gasteiger partial charge in [-0.3, -0.25) is 4.79 Å². The van der Waals surface area contributed by atoms with Gasteiger partial charge in [0.15, 0.2) is 0 Å². The lowest BCUT2D eigenvalue weighted by atomic mass is 10.00. The molecule has 1 amide bonds. The highest BCUT2D eigenvalue weighted by atomic mass is 16.5. The van der Waals surface area contributed by atoms with Crippen LogP contribution in [0.4, 0.5) is 0 Å². The SMILES string of the molecule is NC(=O)C(OC(=O)c1ccccc1CCc1ccccc1)c1ccccc1. The van der Waals surface area contributed by atoms with E-state index in [-0.39, 0.29) is 0 Å². The second kappa shape index (κ2) is 8.81. The molecule has 3 aromatic rings. The lowest BCUT2D eigenvalue weighted by Gasteiger charge is -2.16. The maximum atomic E-state index is 12.7. The zero-order valence-corrected chi connectivity index (χ0v) is 14.9. The van der Waals surface area contributed by atoms with E-state index < -0.39 is 18.0 Å². The smallest absolute Gasteiger partial charge is 0.339 e. The van der Waals surface area contributed by atoms with E-state index in [1.807, 2.05) is 36.4 Å². The molecule has 4 heteroatoms. The van der Waals surface area contributed by atoms with Gasteiger partial charge in [-0.25, -0.2) is 4.79 Å². The van der Waals surface area contributed by atoms with Gasteiger partial charge in [0.1, 0.15) is 0 Å². The fraction of sp³-hybridized carbons (Fsp3) is 0.130. The molecule has 0 aromatic heterocycles. The summed E-state index contributed by atoms with van der Waals surface area (Å²) < 4.78 is 5.46. The van der Waals surface area contributed by atoms with Gasteiger partial charge in [-0.15, -0.1) is 0 Å². The fourth-order valence-corrected chi connectivity index (χ4v) is 2.95. The molecule has 0 saturated carbocycles. The molecule has 0 aliphatic heterocycles. The second-order valence-corrected chi connectivity index (χ2v) is 6.24. The van der Waals surface area contributed by atoms with Crippen LogP contribution in [-0.4, -0.2) is 11.9 Å². The van der Waals surface area contributed by atoms with E-state index in [0.29, 0.717) is 17.5 Å². The molecule has 0 fully saturated rings. The molecule has 1 atom stereocenters. The van der Waals surface area contributed by atoms with Crippen molar-refractivity contribution in [3.05, 3.63) is 107 Å². The van der Waals surface area contributed by atoms with Gasteiger partial charge < -0.3 is 10.5 Å². The van der Waals surface area contributed by atoms with Crippen molar-refractivity contribution in [3.8, 4) is 0 Å². The predicted molar refractivity (Wildman–Crippen MR) is 104 cm³/mol. The van der Waals surface area contributed by atoms with Crippen molar-refractivity contribution in [1.29, 1.82) is 0 Å². The summed E-state index contributed by atoms with van der Waals surface area (Å²) in [6, 6.07) is 26.1. The molecule has 0 heterocycles. The summed E-state index contributed by atoms with van der Waals surface area (Å²) in [5.41, 5.74) is 8.53. The first-order valence-electron chi connectivity index (χ1n) is 8.82. The van der Waals surface area contributed by atoms with E-state index in [9.17, 15) is 9.59 Å². The molecule has 0 saturated heterocycles. The predicted octanol–water partition coefficient (Wildman–Crippen LogP) is 3.86. The van der Waals surface area contributed by atoms with Gasteiger partial charge >= 0.3 is 5.97 Å². The largest absolute Gasteiger partial charge is 0.444 e. The molecule has 0 aliphatic rings. The first kappa shape index (κ1) is 18.4. The lowest BCUT2D eigenvalue weighted by molar-refractivity contribution is -0.127. The molecule has 0 bridgehead atoms. The van der Waals surface area contributed by atoms with Crippen LogP contribution in [0.25, 0.3) is 0 Å². The number of nitrogens with two attached hydrogens (primary N) is 1. The summed E-state index contributed by atoms with van der Waals surface area (Å²) in [4.78, 5) is 24.5. The Morgan fingerprint density at radius 2 is 1.37 bits per heavy atom. The maximum Gasteiger partial charge on any atom is 0.339 e. The third-order valence-corrected chi connectivity index (χ3v) is 4.35. The molecule has 0 radical (unpaired) electrons. The number of rotatable bonds is 7. The molecule has 0 spiro atoms. The molecular weight excluding hydrogens is 338 g/mol. The van der Waals surface area contributed by atoms with Crippen LogP contribution < -0.4 is 5.73 Å². The average molecular weight is 359 g/mol. The summed E-state index contributed by atoms with van der Waals surface area (Å²) in [7, 11) is 0. The van der Waals surface area contributed by atoms with E-state index in [0.717, 1.165) is 12.0 Å². The van der Waals surface area contributed by atoms with Gasteiger partial charge in [0.25, 0.3) is 5.91 Å². The Hall–Kier alpha value is -3.40. The van der Waals surface area contributed by atoms with Crippen LogP contribution in [0.5, 0.6) is 0 Å². The topological polar surface area (TPSA) is 69.4 Å². The van der Waals surface area contributed by atoms with Crippen molar-refractivity contribution in [2.75, 3.05) is 0 Å². The van der Waals surface area contributed by atoms with Crippen LogP contribution in [0, 0.1) is 0 Å². The number of primary amides is 1. The summed E-state index contributed by atoms with van der Waals surface area (Å²) in [5.74, 6) is -1.25. The molecule has 1 unspecified atom stereocenters. The van der Waals surface area contributed by atoms with Crippen LogP contribution in [0.15, 0.2) is 84.9 Å². The number of esters is 1. The van der Waals surface area contributed by atoms with E-state index in [2.05, 4.69) is 12.1 Å². The Bertz CT molecular complexity index is 907. The highest BCUT2D eigenvalue weighted by molar-refractivity contribution is 5.93. The van der Waals surface area contributed by atoms with Gasteiger partial charge in [-0.2, -0.15) is 0 Å². The second-order valence-electron chi connectivity index (χ2n) is 6.24. The third-order valence-electron chi connectivity index (χ3n) is 4.35. The highest BCUT2D eigenvalue weighted by Gasteiger charge is 2.24. The normalized spacial score (nSPS) is 11.6. The molecule has 2 N–H and O–H groups in total. The van der Waals surface area contributed by atoms with Gasteiger partial charge in [0.2, 0.25) is 6.10 Å². The zero-order chi connectivity index (χ0) is 19.1. The maximum absolute atomic E-state index is 12.7. The molecule has 27 heavy (non-hydrogen) atoms. The number of carbonyl (C=O) groups excluding carboxylic acids is 2. The van der Waals surface area contributed by atoms with Crippen molar-refractivity contribution in [1.82, 2.24) is 0 Å². The van der Waals surface area contributed by atoms with Crippen LogP contribution in [0.3, 0.4) is 0 Å². The molecule has 3 rings (SSSR count). The van der Waals surface area contributed by atoms with Crippen LogP contribution in [0.1, 0.15) is 33.2 Å². The minimum atomic E-state index is -1.11. The molecular formula is C23H21NO3. The number of carbonyl (C=O) groups is 2. The van der Waals surface area contributed by atoms with Gasteiger partial charge in [-0.1, -0.05) is 78.9 Å². The molecule has 0 aliphatic carbocycles. The third kappa shape index (κ3) is 4.82. The van der Waals surface area contributed by atoms with Crippen molar-refractivity contribution in [2.24, 2.45) is 5.73 Å². The van der Waals surface area contributed by atoms with Crippen molar-refractivity contribution >= 4 is 11.9 Å². The van der Waals surface area contributed by atoms with Crippen molar-refractivity contribution < 1.29 is 14.3 Å². The number of hydrogen-bond acceptors (Lipinski definition) is 3. The number of hydrogen-bond donors (Lipinski definition) is 1. The lowest BCUT2D eigenvalue weighted by Crippen LogP contribution is -2.26. The van der Waals surface area contributed by atoms with E-state index in [1.54, 1.807) is 36.4 Å². The summed E-state index contributed by atoms with van der Waals surface area (Å²) >= 11 is 0. The van der Waals surface area contributed by atoms with E-state index >= 15 is 0 Å². The van der Waals surface area contributed by atoms with Gasteiger partial charge in [-0.05, 0) is 30.0 Å². The molecule has 136 valence electrons. The minimum absolute atomic E-state index is 0.454. The Morgan fingerprint density at radius 1 is 0.778 bits per heavy atom. The Morgan fingerprint density at radius 3 is 2.04 bits per heavy atom. The first-order valence-corrected chi connectivity index (χ1v) is 8.82. The van der Waals surface area contributed by atoms with Crippen molar-refractivity contribution in [2.45, 2.75) is 18.9 Å². The quantitative estimate of drug-likeness (QED) is 0.651. The highest BCUT2D eigenvalue weighted by Crippen LogP contribution is 2.21. The Kier molecular flexibility index (Phi) is 6.00. The number of amides is 1. The first-order chi connectivity index (χ1) is 13.1. The molecule has 3 aromatic carbocycles. The Labute approximate surface area is 158 Å². The monoisotopic (exact) mass is 359 g/mol. The van der Waals surface area contributed by atoms with Crippen LogP contribution in [-0.2, 0) is 22.4 Å². The summed E-state index contributed by atoms with van der Waals surface area (Å²) in [6.45, 7) is 0.